The lowest BCUT2D eigenvalue weighted by Crippen LogP contribution is -2.46. The van der Waals surface area contributed by atoms with Gasteiger partial charge in [0.05, 0.1) is 16.5 Å². The number of hydrogen-bond acceptors (Lipinski definition) is 5. The summed E-state index contributed by atoms with van der Waals surface area (Å²) in [6, 6.07) is 6.37. The Morgan fingerprint density at radius 1 is 1.38 bits per heavy atom. The number of carbonyl (C=O) groups is 2. The lowest BCUT2D eigenvalue weighted by molar-refractivity contribution is -0.128. The predicted molar refractivity (Wildman–Crippen MR) is 101 cm³/mol. The molecule has 2 aromatic rings. The van der Waals surface area contributed by atoms with Gasteiger partial charge in [-0.25, -0.2) is 0 Å². The fourth-order valence-corrected chi connectivity index (χ4v) is 4.33. The third kappa shape index (κ3) is 3.46. The quantitative estimate of drug-likeness (QED) is 0.855. The number of thiophene rings is 1. The summed E-state index contributed by atoms with van der Waals surface area (Å²) in [5.41, 5.74) is 1.04. The van der Waals surface area contributed by atoms with E-state index in [9.17, 15) is 9.59 Å². The normalized spacial score (nSPS) is 21.4. The van der Waals surface area contributed by atoms with E-state index >= 15 is 0 Å². The van der Waals surface area contributed by atoms with E-state index in [1.54, 1.807) is 23.3 Å². The van der Waals surface area contributed by atoms with Crippen LogP contribution in [-0.2, 0) is 9.59 Å². The highest BCUT2D eigenvalue weighted by Crippen LogP contribution is 2.27. The molecule has 0 saturated carbocycles. The molecule has 2 aliphatic rings. The predicted octanol–water partition coefficient (Wildman–Crippen LogP) is 1.70. The molecule has 7 nitrogen and oxygen atoms in total. The number of nitrogens with zero attached hydrogens (tertiary/aromatic N) is 3. The van der Waals surface area contributed by atoms with E-state index in [0.717, 1.165) is 37.4 Å². The highest BCUT2D eigenvalue weighted by Gasteiger charge is 2.33. The second-order valence-corrected chi connectivity index (χ2v) is 8.01. The van der Waals surface area contributed by atoms with E-state index in [2.05, 4.69) is 37.9 Å². The average molecular weight is 373 g/mol. The summed E-state index contributed by atoms with van der Waals surface area (Å²) < 4.78 is 0. The van der Waals surface area contributed by atoms with Crippen molar-refractivity contribution in [1.82, 2.24) is 20.4 Å². The third-order valence-corrected chi connectivity index (χ3v) is 6.13. The van der Waals surface area contributed by atoms with Gasteiger partial charge in [0.2, 0.25) is 11.8 Å². The number of H-pyrrole nitrogens is 1. The molecule has 1 unspecified atom stereocenters. The summed E-state index contributed by atoms with van der Waals surface area (Å²) in [6.07, 6.45) is 2.12. The number of rotatable bonds is 4. The first-order chi connectivity index (χ1) is 12.6. The molecule has 0 bridgehead atoms. The molecule has 1 atom stereocenters. The topological polar surface area (TPSA) is 81.3 Å². The second kappa shape index (κ2) is 7.11. The summed E-state index contributed by atoms with van der Waals surface area (Å²) in [7, 11) is 1.75. The van der Waals surface area contributed by atoms with E-state index in [1.807, 2.05) is 6.07 Å². The highest BCUT2D eigenvalue weighted by atomic mass is 32.1. The molecule has 2 amide bonds. The number of nitrogens with one attached hydrogen (secondary N) is 2. The monoisotopic (exact) mass is 373 g/mol. The van der Waals surface area contributed by atoms with Crippen molar-refractivity contribution in [2.45, 2.75) is 25.3 Å². The molecule has 0 radical (unpaired) electrons. The summed E-state index contributed by atoms with van der Waals surface area (Å²) >= 11 is 1.69. The number of aromatic nitrogens is 2. The van der Waals surface area contributed by atoms with Crippen molar-refractivity contribution < 1.29 is 9.59 Å². The van der Waals surface area contributed by atoms with Crippen LogP contribution in [0.15, 0.2) is 23.6 Å². The molecule has 2 fully saturated rings. The van der Waals surface area contributed by atoms with Gasteiger partial charge in [-0.05, 0) is 24.3 Å². The van der Waals surface area contributed by atoms with Gasteiger partial charge in [0.1, 0.15) is 0 Å². The summed E-state index contributed by atoms with van der Waals surface area (Å²) in [4.78, 5) is 29.0. The van der Waals surface area contributed by atoms with Gasteiger partial charge >= 0.3 is 0 Å². The fourth-order valence-electron chi connectivity index (χ4n) is 3.64. The Hall–Kier alpha value is -2.35. The number of carbonyl (C=O) groups excluding carboxylic acids is 2. The molecule has 26 heavy (non-hydrogen) atoms. The molecule has 2 aliphatic heterocycles. The molecule has 0 spiro atoms. The first kappa shape index (κ1) is 17.1. The zero-order valence-electron chi connectivity index (χ0n) is 14.8. The molecule has 2 saturated heterocycles. The van der Waals surface area contributed by atoms with Crippen LogP contribution < -0.4 is 10.2 Å². The molecule has 8 heteroatoms. The summed E-state index contributed by atoms with van der Waals surface area (Å²) in [5.74, 6) is 0.826. The minimum atomic E-state index is -0.203. The fraction of sp³-hybridized carbons (Fsp3) is 0.500. The van der Waals surface area contributed by atoms with E-state index in [1.165, 1.54) is 4.88 Å². The number of aromatic amines is 1. The van der Waals surface area contributed by atoms with Crippen molar-refractivity contribution >= 4 is 29.0 Å². The Balaban J connectivity index is 1.29. The molecule has 138 valence electrons. The Labute approximate surface area is 156 Å². The van der Waals surface area contributed by atoms with E-state index < -0.39 is 0 Å². The molecule has 0 aromatic carbocycles. The van der Waals surface area contributed by atoms with Crippen LogP contribution in [0.3, 0.4) is 0 Å². The SMILES string of the molecule is CN1CC(C(=O)NC2CCN(c3cc(-c4cccs4)[nH]n3)CC2)CC1=O. The van der Waals surface area contributed by atoms with Gasteiger partial charge in [-0.2, -0.15) is 5.10 Å². The molecular formula is C18H23N5O2S. The van der Waals surface area contributed by atoms with Crippen LogP contribution in [0.5, 0.6) is 0 Å². The first-order valence-electron chi connectivity index (χ1n) is 8.98. The van der Waals surface area contributed by atoms with Crippen LogP contribution in [0.1, 0.15) is 19.3 Å². The minimum absolute atomic E-state index is 0.0147. The van der Waals surface area contributed by atoms with Gasteiger partial charge in [0.25, 0.3) is 0 Å². The number of amides is 2. The van der Waals surface area contributed by atoms with Crippen molar-refractivity contribution in [1.29, 1.82) is 0 Å². The maximum Gasteiger partial charge on any atom is 0.225 e. The van der Waals surface area contributed by atoms with Gasteiger partial charge in [0.15, 0.2) is 5.82 Å². The Kier molecular flexibility index (Phi) is 4.67. The summed E-state index contributed by atoms with van der Waals surface area (Å²) in [5, 5.41) is 12.7. The lowest BCUT2D eigenvalue weighted by Gasteiger charge is -2.32. The smallest absolute Gasteiger partial charge is 0.225 e. The zero-order valence-corrected chi connectivity index (χ0v) is 15.6. The van der Waals surface area contributed by atoms with E-state index in [-0.39, 0.29) is 23.8 Å². The lowest BCUT2D eigenvalue weighted by atomic mass is 10.0. The van der Waals surface area contributed by atoms with Crippen LogP contribution in [0.4, 0.5) is 5.82 Å². The number of anilines is 1. The molecule has 2 aromatic heterocycles. The van der Waals surface area contributed by atoms with Crippen molar-refractivity contribution in [3.05, 3.63) is 23.6 Å². The van der Waals surface area contributed by atoms with Crippen molar-refractivity contribution in [2.24, 2.45) is 5.92 Å². The van der Waals surface area contributed by atoms with E-state index in [0.29, 0.717) is 13.0 Å². The standard InChI is InChI=1S/C18H23N5O2S/c1-22-11-12(9-17(22)24)18(25)19-13-4-6-23(7-5-13)16-10-14(20-21-16)15-3-2-8-26-15/h2-3,8,10,12-13H,4-7,9,11H2,1H3,(H,19,25)(H,20,21). The largest absolute Gasteiger partial charge is 0.355 e. The van der Waals surface area contributed by atoms with Gasteiger partial charge in [-0.1, -0.05) is 6.07 Å². The zero-order chi connectivity index (χ0) is 18.1. The third-order valence-electron chi connectivity index (χ3n) is 5.23. The first-order valence-corrected chi connectivity index (χ1v) is 9.86. The van der Waals surface area contributed by atoms with Crippen LogP contribution in [0, 0.1) is 5.92 Å². The van der Waals surface area contributed by atoms with Gasteiger partial charge in [0, 0.05) is 45.2 Å². The molecule has 4 heterocycles. The van der Waals surface area contributed by atoms with Crippen molar-refractivity contribution in [3.8, 4) is 10.6 Å². The Morgan fingerprint density at radius 2 is 2.19 bits per heavy atom. The summed E-state index contributed by atoms with van der Waals surface area (Å²) in [6.45, 7) is 2.26. The van der Waals surface area contributed by atoms with Crippen LogP contribution in [-0.4, -0.2) is 59.6 Å². The minimum Gasteiger partial charge on any atom is -0.355 e. The Morgan fingerprint density at radius 3 is 2.85 bits per heavy atom. The van der Waals surface area contributed by atoms with Crippen molar-refractivity contribution in [2.75, 3.05) is 31.6 Å². The van der Waals surface area contributed by atoms with E-state index in [4.69, 9.17) is 0 Å². The van der Waals surface area contributed by atoms with Gasteiger partial charge in [-0.3, -0.25) is 14.7 Å². The van der Waals surface area contributed by atoms with Crippen LogP contribution >= 0.6 is 11.3 Å². The van der Waals surface area contributed by atoms with Crippen LogP contribution in [0.2, 0.25) is 0 Å². The number of piperidine rings is 1. The second-order valence-electron chi connectivity index (χ2n) is 7.06. The van der Waals surface area contributed by atoms with Crippen LogP contribution in [0.25, 0.3) is 10.6 Å². The van der Waals surface area contributed by atoms with Gasteiger partial charge in [-0.15, -0.1) is 11.3 Å². The van der Waals surface area contributed by atoms with Gasteiger partial charge < -0.3 is 15.1 Å². The molecule has 2 N–H and O–H groups in total. The number of likely N-dealkylation sites (tertiary alicyclic amines) is 1. The maximum atomic E-state index is 12.4. The molecule has 0 aliphatic carbocycles. The highest BCUT2D eigenvalue weighted by molar-refractivity contribution is 7.13. The average Bonchev–Trinajstić information content (AvgIpc) is 3.37. The maximum absolute atomic E-state index is 12.4. The molecule has 4 rings (SSSR count). The molecular weight excluding hydrogens is 350 g/mol. The Bertz CT molecular complexity index is 779. The number of hydrogen-bond donors (Lipinski definition) is 2. The van der Waals surface area contributed by atoms with Crippen molar-refractivity contribution in [3.63, 3.8) is 0 Å².